The summed E-state index contributed by atoms with van der Waals surface area (Å²) in [6.45, 7) is 2.18. The van der Waals surface area contributed by atoms with E-state index >= 15 is 0 Å². The largest absolute Gasteiger partial charge is 0.389 e. The van der Waals surface area contributed by atoms with Gasteiger partial charge in [-0.2, -0.15) is 0 Å². The van der Waals surface area contributed by atoms with Crippen LogP contribution in [0.15, 0.2) is 11.6 Å². The Labute approximate surface area is 158 Å². The van der Waals surface area contributed by atoms with Gasteiger partial charge >= 0.3 is 23.9 Å². The molecule has 0 aliphatic rings. The van der Waals surface area contributed by atoms with Gasteiger partial charge in [0.1, 0.15) is 12.1 Å². The van der Waals surface area contributed by atoms with Crippen molar-refractivity contribution in [3.8, 4) is 0 Å². The molecule has 8 N–H and O–H groups in total. The monoisotopic (exact) mass is 386 g/mol. The van der Waals surface area contributed by atoms with Crippen LogP contribution in [0.4, 0.5) is 0 Å². The molecule has 0 bridgehead atoms. The zero-order valence-electron chi connectivity index (χ0n) is 15.6. The normalized spacial score (nSPS) is 13.6. The van der Waals surface area contributed by atoms with Gasteiger partial charge in [0.2, 0.25) is 0 Å². The third-order valence-corrected chi connectivity index (χ3v) is 3.59. The van der Waals surface area contributed by atoms with Gasteiger partial charge in [0, 0.05) is 11.6 Å². The molecule has 0 radical (unpaired) electrons. The maximum Gasteiger partial charge on any atom is 0.341 e. The Kier molecular flexibility index (Phi) is 12.9. The number of nitrogens with two attached hydrogens (primary N) is 4. The minimum Gasteiger partial charge on any atom is -0.389 e. The van der Waals surface area contributed by atoms with Crippen LogP contribution in [0.5, 0.6) is 0 Å². The Morgan fingerprint density at radius 3 is 1.70 bits per heavy atom. The molecule has 27 heavy (non-hydrogen) atoms. The van der Waals surface area contributed by atoms with Crippen LogP contribution in [-0.2, 0) is 28.7 Å². The van der Waals surface area contributed by atoms with E-state index in [1.54, 1.807) is 0 Å². The number of hydrogen-bond acceptors (Lipinski definition) is 10. The molecule has 0 aliphatic carbocycles. The van der Waals surface area contributed by atoms with Gasteiger partial charge in [-0.3, -0.25) is 0 Å². The van der Waals surface area contributed by atoms with Gasteiger partial charge in [-0.15, -0.1) is 0 Å². The van der Waals surface area contributed by atoms with E-state index in [0.717, 1.165) is 6.08 Å². The molecule has 0 spiro atoms. The topological polar surface area (TPSA) is 191 Å². The maximum absolute atomic E-state index is 11.8. The average Bonchev–Trinajstić information content (AvgIpc) is 2.61. The van der Waals surface area contributed by atoms with Crippen LogP contribution in [0.3, 0.4) is 0 Å². The molecule has 0 rings (SSSR count). The van der Waals surface area contributed by atoms with Gasteiger partial charge in [-0.25, -0.2) is 19.2 Å². The summed E-state index contributed by atoms with van der Waals surface area (Å²) >= 11 is 0. The third-order valence-electron chi connectivity index (χ3n) is 3.59. The molecule has 0 aromatic rings. The molecule has 10 heteroatoms. The van der Waals surface area contributed by atoms with Crippen molar-refractivity contribution in [3.05, 3.63) is 11.6 Å². The number of carbonyl (C=O) groups excluding carboxylic acids is 4. The van der Waals surface area contributed by atoms with Crippen molar-refractivity contribution in [2.45, 2.75) is 57.5 Å². The summed E-state index contributed by atoms with van der Waals surface area (Å²) in [4.78, 5) is 46.8. The highest BCUT2D eigenvalue weighted by Crippen LogP contribution is 2.05. The summed E-state index contributed by atoms with van der Waals surface area (Å²) in [5, 5.41) is 0. The third kappa shape index (κ3) is 11.2. The number of hydrogen-bond donors (Lipinski definition) is 4. The van der Waals surface area contributed by atoms with Crippen LogP contribution in [0.2, 0.25) is 0 Å². The quantitative estimate of drug-likeness (QED) is 0.140. The highest BCUT2D eigenvalue weighted by molar-refractivity contribution is 6.03. The molecule has 0 heterocycles. The first-order valence-electron chi connectivity index (χ1n) is 8.84. The van der Waals surface area contributed by atoms with Crippen molar-refractivity contribution in [3.63, 3.8) is 0 Å². The van der Waals surface area contributed by atoms with E-state index in [2.05, 4.69) is 9.47 Å². The zero-order chi connectivity index (χ0) is 20.8. The lowest BCUT2D eigenvalue weighted by molar-refractivity contribution is -0.160. The van der Waals surface area contributed by atoms with Crippen molar-refractivity contribution in [1.82, 2.24) is 0 Å². The second-order valence-corrected chi connectivity index (χ2v) is 6.06. The van der Waals surface area contributed by atoms with Gasteiger partial charge in [0.05, 0.1) is 0 Å². The summed E-state index contributed by atoms with van der Waals surface area (Å²) in [5.41, 5.74) is 21.7. The van der Waals surface area contributed by atoms with Gasteiger partial charge in [0.25, 0.3) is 0 Å². The van der Waals surface area contributed by atoms with Crippen molar-refractivity contribution < 1.29 is 28.7 Å². The minimum atomic E-state index is -1.08. The van der Waals surface area contributed by atoms with Crippen molar-refractivity contribution in [1.29, 1.82) is 0 Å². The predicted octanol–water partition coefficient (Wildman–Crippen LogP) is -1.02. The van der Waals surface area contributed by atoms with Crippen LogP contribution < -0.4 is 22.9 Å². The first-order chi connectivity index (χ1) is 12.7. The lowest BCUT2D eigenvalue weighted by atomic mass is 10.1. The molecule has 0 amide bonds. The Hall–Kier alpha value is -2.14. The smallest absolute Gasteiger partial charge is 0.341 e. The fourth-order valence-electron chi connectivity index (χ4n) is 1.94. The van der Waals surface area contributed by atoms with Gasteiger partial charge in [-0.05, 0) is 45.7 Å². The lowest BCUT2D eigenvalue weighted by Crippen LogP contribution is -2.34. The van der Waals surface area contributed by atoms with Gasteiger partial charge in [0.15, 0.2) is 0 Å². The summed E-state index contributed by atoms with van der Waals surface area (Å²) in [6.07, 6.45) is 4.03. The van der Waals surface area contributed by atoms with Crippen LogP contribution in [0.1, 0.15) is 45.4 Å². The number of esters is 4. The first-order valence-corrected chi connectivity index (χ1v) is 8.84. The maximum atomic E-state index is 11.8. The standard InChI is InChI=1S/C17H30N4O6/c1-11(15(23)27-17(25)13(21)7-3-5-9-19)10-14(22)26-16(24)12(20)6-2-4-8-18/h10,12-13H,2-9,18-21H2,1H3/b11-10+/t12-,13-/m0/s1. The molecule has 0 saturated heterocycles. The summed E-state index contributed by atoms with van der Waals surface area (Å²) in [5.74, 6) is -3.95. The van der Waals surface area contributed by atoms with Crippen LogP contribution in [0, 0.1) is 0 Å². The van der Waals surface area contributed by atoms with Gasteiger partial charge < -0.3 is 32.4 Å². The Bertz CT molecular complexity index is 550. The molecule has 0 aliphatic heterocycles. The number of ether oxygens (including phenoxy) is 2. The van der Waals surface area contributed by atoms with Crippen LogP contribution >= 0.6 is 0 Å². The van der Waals surface area contributed by atoms with Crippen molar-refractivity contribution in [2.75, 3.05) is 13.1 Å². The number of unbranched alkanes of at least 4 members (excludes halogenated alkanes) is 2. The number of rotatable bonds is 12. The second-order valence-electron chi connectivity index (χ2n) is 6.06. The molecule has 0 fully saturated rings. The van der Waals surface area contributed by atoms with E-state index in [4.69, 9.17) is 22.9 Å². The fourth-order valence-corrected chi connectivity index (χ4v) is 1.94. The average molecular weight is 386 g/mol. The Morgan fingerprint density at radius 1 is 0.815 bits per heavy atom. The zero-order valence-corrected chi connectivity index (χ0v) is 15.6. The lowest BCUT2D eigenvalue weighted by Gasteiger charge is -2.10. The van der Waals surface area contributed by atoms with Crippen molar-refractivity contribution in [2.24, 2.45) is 22.9 Å². The Balaban J connectivity index is 4.47. The molecule has 0 saturated carbocycles. The van der Waals surface area contributed by atoms with Gasteiger partial charge in [-0.1, -0.05) is 12.8 Å². The molecule has 154 valence electrons. The van der Waals surface area contributed by atoms with Crippen LogP contribution in [0.25, 0.3) is 0 Å². The first kappa shape index (κ1) is 24.9. The van der Waals surface area contributed by atoms with E-state index in [-0.39, 0.29) is 5.57 Å². The molecule has 0 aromatic heterocycles. The van der Waals surface area contributed by atoms with E-state index in [1.165, 1.54) is 6.92 Å². The fraction of sp³-hybridized carbons (Fsp3) is 0.647. The van der Waals surface area contributed by atoms with E-state index < -0.39 is 36.0 Å². The highest BCUT2D eigenvalue weighted by Gasteiger charge is 2.21. The predicted molar refractivity (Wildman–Crippen MR) is 97.7 cm³/mol. The summed E-state index contributed by atoms with van der Waals surface area (Å²) in [7, 11) is 0. The summed E-state index contributed by atoms with van der Waals surface area (Å²) < 4.78 is 9.13. The van der Waals surface area contributed by atoms with Crippen LogP contribution in [-0.4, -0.2) is 49.1 Å². The molecule has 10 nitrogen and oxygen atoms in total. The molecule has 0 aromatic carbocycles. The molecular formula is C17H30N4O6. The van der Waals surface area contributed by atoms with Crippen molar-refractivity contribution >= 4 is 23.9 Å². The SMILES string of the molecule is C/C(=C\C(=O)OC(=O)[C@@H](N)CCCCN)C(=O)OC(=O)[C@@H](N)CCCCN. The second kappa shape index (κ2) is 14.0. The molecule has 0 unspecified atom stereocenters. The van der Waals surface area contributed by atoms with E-state index in [1.807, 2.05) is 0 Å². The number of carbonyl (C=O) groups is 4. The van der Waals surface area contributed by atoms with E-state index in [9.17, 15) is 19.2 Å². The summed E-state index contributed by atoms with van der Waals surface area (Å²) in [6, 6.07) is -1.93. The molecular weight excluding hydrogens is 356 g/mol. The minimum absolute atomic E-state index is 0.216. The van der Waals surface area contributed by atoms with E-state index in [0.29, 0.717) is 51.6 Å². The highest BCUT2D eigenvalue weighted by atomic mass is 16.6. The molecule has 2 atom stereocenters. The Morgan fingerprint density at radius 2 is 1.26 bits per heavy atom.